The van der Waals surface area contributed by atoms with Gasteiger partial charge in [0, 0.05) is 16.7 Å². The largest absolute Gasteiger partial charge is 0.485 e. The van der Waals surface area contributed by atoms with Crippen LogP contribution < -0.4 is 9.47 Å². The molecule has 0 spiro atoms. The number of hydrogen-bond acceptors (Lipinski definition) is 3. The molecular weight excluding hydrogens is 342 g/mol. The van der Waals surface area contributed by atoms with Gasteiger partial charge in [0.15, 0.2) is 11.5 Å². The first-order valence-electron chi connectivity index (χ1n) is 6.86. The summed E-state index contributed by atoms with van der Waals surface area (Å²) in [5.41, 5.74) is 1.11. The Balaban J connectivity index is 1.73. The molecule has 0 aliphatic rings. The molecule has 0 unspecified atom stereocenters. The third-order valence-corrected chi connectivity index (χ3v) is 3.47. The maximum absolute atomic E-state index is 5.86. The second kappa shape index (κ2) is 7.09. The molecule has 4 heteroatoms. The van der Waals surface area contributed by atoms with Gasteiger partial charge in [-0.2, -0.15) is 0 Å². The lowest BCUT2D eigenvalue weighted by atomic mass is 10.2. The molecule has 0 aliphatic heterocycles. The van der Waals surface area contributed by atoms with Crippen molar-refractivity contribution in [3.8, 4) is 17.4 Å². The first-order valence-corrected chi connectivity index (χ1v) is 7.66. The number of hydrogen-bond donors (Lipinski definition) is 0. The van der Waals surface area contributed by atoms with Crippen molar-refractivity contribution in [2.45, 2.75) is 6.61 Å². The topological polar surface area (TPSA) is 31.4 Å². The van der Waals surface area contributed by atoms with E-state index in [1.165, 1.54) is 0 Å². The molecule has 3 aromatic rings. The maximum Gasteiger partial charge on any atom is 0.219 e. The molecule has 0 bridgehead atoms. The van der Waals surface area contributed by atoms with Gasteiger partial charge in [-0.1, -0.05) is 42.5 Å². The molecule has 110 valence electrons. The number of halogens is 1. The second-order valence-corrected chi connectivity index (χ2v) is 5.55. The molecule has 0 radical (unpaired) electrons. The van der Waals surface area contributed by atoms with Gasteiger partial charge in [-0.3, -0.25) is 0 Å². The van der Waals surface area contributed by atoms with Crippen LogP contribution in [0, 0.1) is 0 Å². The van der Waals surface area contributed by atoms with E-state index < -0.39 is 0 Å². The molecule has 3 rings (SSSR count). The van der Waals surface area contributed by atoms with Gasteiger partial charge < -0.3 is 9.47 Å². The zero-order valence-corrected chi connectivity index (χ0v) is 13.4. The molecule has 0 saturated carbocycles. The van der Waals surface area contributed by atoms with Gasteiger partial charge in [0.1, 0.15) is 6.61 Å². The number of para-hydroxylation sites is 2. The molecular formula is C18H14BrNO2. The molecule has 2 aromatic carbocycles. The molecule has 1 aromatic heterocycles. The van der Waals surface area contributed by atoms with Crippen LogP contribution in [0.25, 0.3) is 0 Å². The first-order chi connectivity index (χ1) is 10.8. The van der Waals surface area contributed by atoms with Crippen LogP contribution in [0.2, 0.25) is 0 Å². The summed E-state index contributed by atoms with van der Waals surface area (Å²) in [7, 11) is 0. The standard InChI is InChI=1S/C18H14BrNO2/c19-15-10-11-18(20-12-15)22-17-9-5-4-8-16(17)21-13-14-6-2-1-3-7-14/h1-12H,13H2. The van der Waals surface area contributed by atoms with Crippen molar-refractivity contribution in [2.75, 3.05) is 0 Å². The summed E-state index contributed by atoms with van der Waals surface area (Å²) in [6.45, 7) is 0.495. The summed E-state index contributed by atoms with van der Waals surface area (Å²) in [5, 5.41) is 0. The van der Waals surface area contributed by atoms with E-state index in [-0.39, 0.29) is 0 Å². The number of ether oxygens (including phenoxy) is 2. The minimum Gasteiger partial charge on any atom is -0.485 e. The van der Waals surface area contributed by atoms with E-state index in [1.807, 2.05) is 60.7 Å². The van der Waals surface area contributed by atoms with Gasteiger partial charge in [-0.15, -0.1) is 0 Å². The van der Waals surface area contributed by atoms with Crippen LogP contribution in [0.15, 0.2) is 77.4 Å². The number of pyridine rings is 1. The van der Waals surface area contributed by atoms with Gasteiger partial charge in [0.25, 0.3) is 0 Å². The monoisotopic (exact) mass is 355 g/mol. The van der Waals surface area contributed by atoms with Crippen molar-refractivity contribution in [3.05, 3.63) is 83.0 Å². The number of benzene rings is 2. The predicted molar refractivity (Wildman–Crippen MR) is 89.2 cm³/mol. The minimum atomic E-state index is 0.495. The highest BCUT2D eigenvalue weighted by atomic mass is 79.9. The number of nitrogens with zero attached hydrogens (tertiary/aromatic N) is 1. The van der Waals surface area contributed by atoms with E-state index in [2.05, 4.69) is 20.9 Å². The average molecular weight is 356 g/mol. The number of rotatable bonds is 5. The lowest BCUT2D eigenvalue weighted by molar-refractivity contribution is 0.290. The Hall–Kier alpha value is -2.33. The Bertz CT molecular complexity index is 730. The van der Waals surface area contributed by atoms with E-state index in [4.69, 9.17) is 9.47 Å². The van der Waals surface area contributed by atoms with Crippen molar-refractivity contribution < 1.29 is 9.47 Å². The van der Waals surface area contributed by atoms with Crippen molar-refractivity contribution in [3.63, 3.8) is 0 Å². The second-order valence-electron chi connectivity index (χ2n) is 4.64. The maximum atomic E-state index is 5.86. The SMILES string of the molecule is Brc1ccc(Oc2ccccc2OCc2ccccc2)nc1. The fraction of sp³-hybridized carbons (Fsp3) is 0.0556. The molecule has 0 N–H and O–H groups in total. The highest BCUT2D eigenvalue weighted by molar-refractivity contribution is 9.10. The smallest absolute Gasteiger partial charge is 0.219 e. The third kappa shape index (κ3) is 3.86. The highest BCUT2D eigenvalue weighted by Gasteiger charge is 2.06. The Morgan fingerprint density at radius 3 is 2.27 bits per heavy atom. The fourth-order valence-corrected chi connectivity index (χ4v) is 2.16. The molecule has 0 atom stereocenters. The van der Waals surface area contributed by atoms with Crippen LogP contribution in [0.1, 0.15) is 5.56 Å². The Kier molecular flexibility index (Phi) is 4.71. The molecule has 1 heterocycles. The normalized spacial score (nSPS) is 10.2. The quantitative estimate of drug-likeness (QED) is 0.628. The van der Waals surface area contributed by atoms with Crippen molar-refractivity contribution in [1.29, 1.82) is 0 Å². The van der Waals surface area contributed by atoms with Gasteiger partial charge in [0.05, 0.1) is 0 Å². The molecule has 0 aliphatic carbocycles. The van der Waals surface area contributed by atoms with E-state index in [0.29, 0.717) is 24.0 Å². The van der Waals surface area contributed by atoms with Gasteiger partial charge in [-0.05, 0) is 39.7 Å². The van der Waals surface area contributed by atoms with Gasteiger partial charge >= 0.3 is 0 Å². The Morgan fingerprint density at radius 2 is 1.55 bits per heavy atom. The first kappa shape index (κ1) is 14.6. The van der Waals surface area contributed by atoms with E-state index in [0.717, 1.165) is 10.0 Å². The summed E-state index contributed by atoms with van der Waals surface area (Å²) in [6, 6.07) is 21.3. The summed E-state index contributed by atoms with van der Waals surface area (Å²) >= 11 is 3.35. The van der Waals surface area contributed by atoms with E-state index in [1.54, 1.807) is 12.3 Å². The Morgan fingerprint density at radius 1 is 0.818 bits per heavy atom. The summed E-state index contributed by atoms with van der Waals surface area (Å²) in [4.78, 5) is 4.21. The van der Waals surface area contributed by atoms with Crippen molar-refractivity contribution in [1.82, 2.24) is 4.98 Å². The summed E-state index contributed by atoms with van der Waals surface area (Å²) in [5.74, 6) is 1.86. The van der Waals surface area contributed by atoms with Crippen LogP contribution >= 0.6 is 15.9 Å². The van der Waals surface area contributed by atoms with Crippen LogP contribution in [0.5, 0.6) is 17.4 Å². The summed E-state index contributed by atoms with van der Waals surface area (Å²) in [6.07, 6.45) is 1.70. The highest BCUT2D eigenvalue weighted by Crippen LogP contribution is 2.31. The van der Waals surface area contributed by atoms with E-state index >= 15 is 0 Å². The van der Waals surface area contributed by atoms with Crippen molar-refractivity contribution >= 4 is 15.9 Å². The lowest BCUT2D eigenvalue weighted by Gasteiger charge is -2.12. The predicted octanol–water partition coefficient (Wildman–Crippen LogP) is 5.22. The van der Waals surface area contributed by atoms with Crippen molar-refractivity contribution in [2.24, 2.45) is 0 Å². The minimum absolute atomic E-state index is 0.495. The lowest BCUT2D eigenvalue weighted by Crippen LogP contribution is -1.97. The molecule has 0 fully saturated rings. The van der Waals surface area contributed by atoms with Crippen LogP contribution in [-0.2, 0) is 6.61 Å². The van der Waals surface area contributed by atoms with Crippen LogP contribution in [-0.4, -0.2) is 4.98 Å². The van der Waals surface area contributed by atoms with E-state index in [9.17, 15) is 0 Å². The van der Waals surface area contributed by atoms with Gasteiger partial charge in [-0.25, -0.2) is 4.98 Å². The zero-order chi connectivity index (χ0) is 15.2. The number of aromatic nitrogens is 1. The van der Waals surface area contributed by atoms with Crippen LogP contribution in [0.3, 0.4) is 0 Å². The average Bonchev–Trinajstić information content (AvgIpc) is 2.57. The van der Waals surface area contributed by atoms with Crippen LogP contribution in [0.4, 0.5) is 0 Å². The summed E-state index contributed by atoms with van der Waals surface area (Å²) < 4.78 is 12.6. The molecule has 22 heavy (non-hydrogen) atoms. The fourth-order valence-electron chi connectivity index (χ4n) is 1.92. The third-order valence-electron chi connectivity index (χ3n) is 3.00. The molecule has 0 saturated heterocycles. The van der Waals surface area contributed by atoms with Gasteiger partial charge in [0.2, 0.25) is 5.88 Å². The zero-order valence-electron chi connectivity index (χ0n) is 11.8. The molecule has 3 nitrogen and oxygen atoms in total. The molecule has 0 amide bonds. The Labute approximate surface area is 137 Å².